The SMILES string of the molecule is CC1(COc2ccn3c(-c4ccc5cccc(OCc6ccccc6)c5n4)cnc3c2)COC1. The van der Waals surface area contributed by atoms with Gasteiger partial charge in [-0.1, -0.05) is 55.5 Å². The largest absolute Gasteiger partial charge is 0.493 e. The van der Waals surface area contributed by atoms with Gasteiger partial charge in [-0.2, -0.15) is 0 Å². The van der Waals surface area contributed by atoms with Gasteiger partial charge >= 0.3 is 0 Å². The normalized spacial score (nSPS) is 14.7. The van der Waals surface area contributed by atoms with E-state index in [1.54, 1.807) is 0 Å². The molecule has 4 heterocycles. The Morgan fingerprint density at radius 3 is 2.68 bits per heavy atom. The maximum Gasteiger partial charge on any atom is 0.146 e. The van der Waals surface area contributed by atoms with Gasteiger partial charge in [-0.05, 0) is 23.8 Å². The van der Waals surface area contributed by atoms with Gasteiger partial charge in [0, 0.05) is 23.1 Å². The molecule has 0 amide bonds. The van der Waals surface area contributed by atoms with Crippen LogP contribution in [0.4, 0.5) is 0 Å². The van der Waals surface area contributed by atoms with Crippen LogP contribution in [0.1, 0.15) is 12.5 Å². The third-order valence-electron chi connectivity index (χ3n) is 6.16. The molecule has 1 fully saturated rings. The summed E-state index contributed by atoms with van der Waals surface area (Å²) >= 11 is 0. The standard InChI is InChI=1S/C28H25N3O3/c1-28(17-32-18-28)19-34-22-12-13-31-24(15-29-26(31)14-22)23-11-10-21-8-5-9-25(27(21)30-23)33-16-20-6-3-2-4-7-20/h2-15H,16-19H2,1H3. The monoisotopic (exact) mass is 451 g/mol. The molecule has 5 aromatic rings. The maximum absolute atomic E-state index is 6.14. The Kier molecular flexibility index (Phi) is 5.15. The van der Waals surface area contributed by atoms with Gasteiger partial charge in [0.25, 0.3) is 0 Å². The topological polar surface area (TPSA) is 57.9 Å². The highest BCUT2D eigenvalue weighted by Crippen LogP contribution is 2.30. The van der Waals surface area contributed by atoms with Crippen molar-refractivity contribution in [2.75, 3.05) is 19.8 Å². The fraction of sp³-hybridized carbons (Fsp3) is 0.214. The fourth-order valence-electron chi connectivity index (χ4n) is 4.15. The molecule has 0 aliphatic carbocycles. The second-order valence-electron chi connectivity index (χ2n) is 9.12. The van der Waals surface area contributed by atoms with E-state index >= 15 is 0 Å². The first-order valence-electron chi connectivity index (χ1n) is 11.4. The number of hydrogen-bond donors (Lipinski definition) is 0. The predicted molar refractivity (Wildman–Crippen MR) is 131 cm³/mol. The predicted octanol–water partition coefficient (Wildman–Crippen LogP) is 5.54. The molecule has 0 bridgehead atoms. The zero-order valence-electron chi connectivity index (χ0n) is 19.0. The molecule has 34 heavy (non-hydrogen) atoms. The summed E-state index contributed by atoms with van der Waals surface area (Å²) in [6, 6.07) is 24.2. The van der Waals surface area contributed by atoms with Crippen molar-refractivity contribution in [3.63, 3.8) is 0 Å². The highest BCUT2D eigenvalue weighted by atomic mass is 16.5. The van der Waals surface area contributed by atoms with E-state index < -0.39 is 0 Å². The summed E-state index contributed by atoms with van der Waals surface area (Å²) in [5.41, 5.74) is 4.63. The average Bonchev–Trinajstić information content (AvgIpc) is 3.28. The van der Waals surface area contributed by atoms with Crippen LogP contribution < -0.4 is 9.47 Å². The summed E-state index contributed by atoms with van der Waals surface area (Å²) in [7, 11) is 0. The van der Waals surface area contributed by atoms with Crippen molar-refractivity contribution >= 4 is 16.6 Å². The summed E-state index contributed by atoms with van der Waals surface area (Å²) in [6.07, 6.45) is 3.83. The number of nitrogens with zero attached hydrogens (tertiary/aromatic N) is 3. The van der Waals surface area contributed by atoms with E-state index in [0.29, 0.717) is 13.2 Å². The summed E-state index contributed by atoms with van der Waals surface area (Å²) < 4.78 is 19.5. The number of hydrogen-bond acceptors (Lipinski definition) is 5. The van der Waals surface area contributed by atoms with Crippen molar-refractivity contribution in [3.8, 4) is 22.9 Å². The number of ether oxygens (including phenoxy) is 3. The van der Waals surface area contributed by atoms with Gasteiger partial charge in [-0.15, -0.1) is 0 Å². The van der Waals surface area contributed by atoms with Crippen LogP contribution in [0, 0.1) is 5.41 Å². The molecule has 1 saturated heterocycles. The summed E-state index contributed by atoms with van der Waals surface area (Å²) in [6.45, 7) is 4.79. The first-order chi connectivity index (χ1) is 16.7. The first-order valence-corrected chi connectivity index (χ1v) is 11.4. The number of pyridine rings is 2. The second-order valence-corrected chi connectivity index (χ2v) is 9.12. The molecular weight excluding hydrogens is 426 g/mol. The van der Waals surface area contributed by atoms with E-state index in [2.05, 4.69) is 30.1 Å². The highest BCUT2D eigenvalue weighted by molar-refractivity contribution is 5.86. The van der Waals surface area contributed by atoms with Gasteiger partial charge < -0.3 is 14.2 Å². The lowest BCUT2D eigenvalue weighted by molar-refractivity contribution is -0.120. The van der Waals surface area contributed by atoms with Gasteiger partial charge in [0.1, 0.15) is 29.3 Å². The molecule has 0 radical (unpaired) electrons. The van der Waals surface area contributed by atoms with Crippen LogP contribution in [-0.2, 0) is 11.3 Å². The van der Waals surface area contributed by atoms with Crippen molar-refractivity contribution in [1.29, 1.82) is 0 Å². The van der Waals surface area contributed by atoms with Gasteiger partial charge in [0.2, 0.25) is 0 Å². The second kappa shape index (κ2) is 8.47. The van der Waals surface area contributed by atoms with Crippen LogP contribution in [0.15, 0.2) is 85.2 Å². The summed E-state index contributed by atoms with van der Waals surface area (Å²) in [5.74, 6) is 1.57. The number of aromatic nitrogens is 3. The third kappa shape index (κ3) is 3.97. The van der Waals surface area contributed by atoms with Crippen LogP contribution in [-0.4, -0.2) is 34.2 Å². The molecule has 6 nitrogen and oxygen atoms in total. The van der Waals surface area contributed by atoms with E-state index in [0.717, 1.165) is 58.2 Å². The molecule has 6 rings (SSSR count). The fourth-order valence-corrected chi connectivity index (χ4v) is 4.15. The Morgan fingerprint density at radius 2 is 1.85 bits per heavy atom. The lowest BCUT2D eigenvalue weighted by atomic mass is 9.90. The Bertz CT molecular complexity index is 1460. The Balaban J connectivity index is 1.28. The molecule has 1 aliphatic heterocycles. The van der Waals surface area contributed by atoms with Gasteiger partial charge in [0.05, 0.1) is 37.4 Å². The Morgan fingerprint density at radius 1 is 0.971 bits per heavy atom. The molecule has 170 valence electrons. The minimum absolute atomic E-state index is 0.0992. The summed E-state index contributed by atoms with van der Waals surface area (Å²) in [5, 5.41) is 1.03. The Hall–Kier alpha value is -3.90. The zero-order valence-corrected chi connectivity index (χ0v) is 19.0. The lowest BCUT2D eigenvalue weighted by Gasteiger charge is -2.37. The number of fused-ring (bicyclic) bond motifs is 2. The van der Waals surface area contributed by atoms with E-state index in [9.17, 15) is 0 Å². The quantitative estimate of drug-likeness (QED) is 0.325. The van der Waals surface area contributed by atoms with Crippen LogP contribution in [0.3, 0.4) is 0 Å². The number of benzene rings is 2. The molecule has 6 heteroatoms. The average molecular weight is 452 g/mol. The van der Waals surface area contributed by atoms with Crippen molar-refractivity contribution in [3.05, 3.63) is 90.8 Å². The van der Waals surface area contributed by atoms with E-state index in [1.807, 2.05) is 71.4 Å². The number of rotatable bonds is 7. The minimum atomic E-state index is 0.0992. The zero-order chi connectivity index (χ0) is 23.0. The number of imidazole rings is 1. The van der Waals surface area contributed by atoms with Crippen molar-refractivity contribution in [2.24, 2.45) is 5.41 Å². The molecule has 0 spiro atoms. The highest BCUT2D eigenvalue weighted by Gasteiger charge is 2.34. The van der Waals surface area contributed by atoms with Crippen LogP contribution in [0.5, 0.6) is 11.5 Å². The molecule has 3 aromatic heterocycles. The van der Waals surface area contributed by atoms with Crippen molar-refractivity contribution in [1.82, 2.24) is 14.4 Å². The first kappa shape index (κ1) is 20.7. The van der Waals surface area contributed by atoms with Gasteiger partial charge in [-0.25, -0.2) is 9.97 Å². The van der Waals surface area contributed by atoms with Crippen LogP contribution in [0.2, 0.25) is 0 Å². The maximum atomic E-state index is 6.14. The molecule has 0 saturated carbocycles. The Labute approximate surface area is 197 Å². The molecule has 0 unspecified atom stereocenters. The van der Waals surface area contributed by atoms with E-state index in [-0.39, 0.29) is 5.41 Å². The van der Waals surface area contributed by atoms with Crippen molar-refractivity contribution in [2.45, 2.75) is 13.5 Å². The summed E-state index contributed by atoms with van der Waals surface area (Å²) in [4.78, 5) is 9.56. The molecule has 2 aromatic carbocycles. The smallest absolute Gasteiger partial charge is 0.146 e. The minimum Gasteiger partial charge on any atom is -0.493 e. The van der Waals surface area contributed by atoms with Gasteiger partial charge in [-0.3, -0.25) is 4.40 Å². The van der Waals surface area contributed by atoms with Crippen LogP contribution >= 0.6 is 0 Å². The van der Waals surface area contributed by atoms with E-state index in [1.165, 1.54) is 0 Å². The molecule has 1 aliphatic rings. The van der Waals surface area contributed by atoms with E-state index in [4.69, 9.17) is 19.2 Å². The molecular formula is C28H25N3O3. The lowest BCUT2D eigenvalue weighted by Crippen LogP contribution is -2.44. The molecule has 0 atom stereocenters. The van der Waals surface area contributed by atoms with Gasteiger partial charge in [0.15, 0.2) is 0 Å². The molecule has 0 N–H and O–H groups in total. The van der Waals surface area contributed by atoms with Crippen LogP contribution in [0.25, 0.3) is 27.9 Å². The third-order valence-corrected chi connectivity index (χ3v) is 6.16. The van der Waals surface area contributed by atoms with Crippen molar-refractivity contribution < 1.29 is 14.2 Å². The number of para-hydroxylation sites is 1.